The Balaban J connectivity index is 2.05. The van der Waals surface area contributed by atoms with E-state index < -0.39 is 10.8 Å². The Morgan fingerprint density at radius 3 is 2.74 bits per heavy atom. The number of nitrogens with two attached hydrogens (primary N) is 1. The van der Waals surface area contributed by atoms with Crippen molar-refractivity contribution >= 4 is 22.3 Å². The summed E-state index contributed by atoms with van der Waals surface area (Å²) in [5.41, 5.74) is 6.44. The van der Waals surface area contributed by atoms with Crippen molar-refractivity contribution in [1.82, 2.24) is 9.97 Å². The minimum absolute atomic E-state index is 0.0159. The Kier molecular flexibility index (Phi) is 4.57. The second-order valence-corrected chi connectivity index (χ2v) is 6.57. The van der Waals surface area contributed by atoms with Gasteiger partial charge in [-0.1, -0.05) is 0 Å². The summed E-state index contributed by atoms with van der Waals surface area (Å²) in [7, 11) is -0.665. The zero-order valence-electron chi connectivity index (χ0n) is 11.3. The number of rotatable bonds is 4. The number of hydrogen-bond donors (Lipinski definition) is 2. The average molecular weight is 284 g/mol. The van der Waals surface area contributed by atoms with Crippen molar-refractivity contribution in [2.24, 2.45) is 0 Å². The first-order chi connectivity index (χ1) is 9.06. The van der Waals surface area contributed by atoms with E-state index in [-0.39, 0.29) is 12.1 Å². The van der Waals surface area contributed by atoms with Gasteiger partial charge in [0.1, 0.15) is 12.0 Å². The van der Waals surface area contributed by atoms with Crippen molar-refractivity contribution in [3.63, 3.8) is 0 Å². The Morgan fingerprint density at radius 1 is 1.42 bits per heavy atom. The van der Waals surface area contributed by atoms with E-state index in [1.807, 2.05) is 13.8 Å². The molecule has 1 aliphatic rings. The average Bonchev–Trinajstić information content (AvgIpc) is 2.36. The molecule has 19 heavy (non-hydrogen) atoms. The number of aromatic nitrogens is 2. The molecule has 106 valence electrons. The van der Waals surface area contributed by atoms with Crippen LogP contribution in [0.5, 0.6) is 5.88 Å². The van der Waals surface area contributed by atoms with Crippen LogP contribution in [0.25, 0.3) is 0 Å². The molecule has 1 fully saturated rings. The SMILES string of the molecule is CC(C)Oc1ncnc(NC2CCS(=O)CC2)c1N. The van der Waals surface area contributed by atoms with Crippen LogP contribution < -0.4 is 15.8 Å². The van der Waals surface area contributed by atoms with Crippen molar-refractivity contribution in [3.8, 4) is 5.88 Å². The van der Waals surface area contributed by atoms with Crippen LogP contribution in [0.1, 0.15) is 26.7 Å². The van der Waals surface area contributed by atoms with Crippen LogP contribution in [0.4, 0.5) is 11.5 Å². The van der Waals surface area contributed by atoms with Gasteiger partial charge in [-0.3, -0.25) is 4.21 Å². The fourth-order valence-electron chi connectivity index (χ4n) is 1.94. The van der Waals surface area contributed by atoms with Crippen molar-refractivity contribution in [3.05, 3.63) is 6.33 Å². The first-order valence-electron chi connectivity index (χ1n) is 6.45. The smallest absolute Gasteiger partial charge is 0.242 e. The van der Waals surface area contributed by atoms with Crippen LogP contribution in [-0.4, -0.2) is 37.8 Å². The van der Waals surface area contributed by atoms with Crippen molar-refractivity contribution in [2.45, 2.75) is 38.8 Å². The topological polar surface area (TPSA) is 90.1 Å². The van der Waals surface area contributed by atoms with Gasteiger partial charge in [0.05, 0.1) is 6.10 Å². The van der Waals surface area contributed by atoms with Crippen LogP contribution >= 0.6 is 0 Å². The Hall–Kier alpha value is -1.37. The van der Waals surface area contributed by atoms with E-state index in [1.165, 1.54) is 6.33 Å². The molecule has 6 nitrogen and oxygen atoms in total. The minimum Gasteiger partial charge on any atom is -0.473 e. The number of ether oxygens (including phenoxy) is 1. The van der Waals surface area contributed by atoms with Crippen molar-refractivity contribution < 1.29 is 8.95 Å². The molecular formula is C12H20N4O2S. The van der Waals surface area contributed by atoms with Gasteiger partial charge in [-0.15, -0.1) is 0 Å². The van der Waals surface area contributed by atoms with E-state index in [0.717, 1.165) is 24.3 Å². The third kappa shape index (κ3) is 3.79. The van der Waals surface area contributed by atoms with E-state index in [1.54, 1.807) is 0 Å². The van der Waals surface area contributed by atoms with Crippen LogP contribution in [0.3, 0.4) is 0 Å². The lowest BCUT2D eigenvalue weighted by molar-refractivity contribution is 0.234. The minimum atomic E-state index is -0.665. The van der Waals surface area contributed by atoms with Crippen molar-refractivity contribution in [1.29, 1.82) is 0 Å². The van der Waals surface area contributed by atoms with E-state index in [2.05, 4.69) is 15.3 Å². The molecule has 0 amide bonds. The van der Waals surface area contributed by atoms with Crippen molar-refractivity contribution in [2.75, 3.05) is 22.6 Å². The number of nitrogens with zero attached hydrogens (tertiary/aromatic N) is 2. The number of anilines is 2. The molecule has 2 heterocycles. The van der Waals surface area contributed by atoms with Gasteiger partial charge in [0.15, 0.2) is 5.82 Å². The summed E-state index contributed by atoms with van der Waals surface area (Å²) in [5, 5.41) is 3.29. The monoisotopic (exact) mass is 284 g/mol. The third-order valence-corrected chi connectivity index (χ3v) is 4.31. The highest BCUT2D eigenvalue weighted by Crippen LogP contribution is 2.27. The molecule has 1 aromatic rings. The van der Waals surface area contributed by atoms with E-state index in [4.69, 9.17) is 10.5 Å². The molecule has 1 aromatic heterocycles. The lowest BCUT2D eigenvalue weighted by Crippen LogP contribution is -2.30. The van der Waals surface area contributed by atoms with Crippen LogP contribution in [0.2, 0.25) is 0 Å². The fourth-order valence-corrected chi connectivity index (χ4v) is 3.24. The molecule has 2 rings (SSSR count). The summed E-state index contributed by atoms with van der Waals surface area (Å²) in [6.45, 7) is 3.84. The van der Waals surface area contributed by atoms with Gasteiger partial charge >= 0.3 is 0 Å². The Morgan fingerprint density at radius 2 is 2.11 bits per heavy atom. The largest absolute Gasteiger partial charge is 0.473 e. The molecule has 0 aromatic carbocycles. The fraction of sp³-hybridized carbons (Fsp3) is 0.667. The van der Waals surface area contributed by atoms with Gasteiger partial charge in [0.2, 0.25) is 5.88 Å². The molecule has 0 aliphatic carbocycles. The predicted molar refractivity (Wildman–Crippen MR) is 76.7 cm³/mol. The molecule has 0 unspecified atom stereocenters. The van der Waals surface area contributed by atoms with Gasteiger partial charge in [-0.2, -0.15) is 4.98 Å². The number of hydrogen-bond acceptors (Lipinski definition) is 6. The molecule has 0 radical (unpaired) electrons. The quantitative estimate of drug-likeness (QED) is 0.862. The molecule has 0 atom stereocenters. The highest BCUT2D eigenvalue weighted by molar-refractivity contribution is 7.85. The zero-order chi connectivity index (χ0) is 13.8. The maximum absolute atomic E-state index is 11.3. The number of nitrogens with one attached hydrogen (secondary N) is 1. The third-order valence-electron chi connectivity index (χ3n) is 2.92. The summed E-state index contributed by atoms with van der Waals surface area (Å²) in [4.78, 5) is 8.19. The summed E-state index contributed by atoms with van der Waals surface area (Å²) in [6.07, 6.45) is 3.20. The molecule has 1 aliphatic heterocycles. The highest BCUT2D eigenvalue weighted by Gasteiger charge is 2.20. The molecule has 3 N–H and O–H groups in total. The van der Waals surface area contributed by atoms with Crippen LogP contribution in [-0.2, 0) is 10.8 Å². The molecule has 1 saturated heterocycles. The second-order valence-electron chi connectivity index (χ2n) is 4.87. The van der Waals surface area contributed by atoms with Gasteiger partial charge in [0, 0.05) is 28.3 Å². The van der Waals surface area contributed by atoms with E-state index in [0.29, 0.717) is 17.4 Å². The normalized spacial score (nSPS) is 23.3. The Bertz CT molecular complexity index is 457. The summed E-state index contributed by atoms with van der Waals surface area (Å²) < 4.78 is 16.8. The van der Waals surface area contributed by atoms with E-state index in [9.17, 15) is 4.21 Å². The molecule has 0 saturated carbocycles. The van der Waals surface area contributed by atoms with Gasteiger partial charge in [0.25, 0.3) is 0 Å². The van der Waals surface area contributed by atoms with Gasteiger partial charge in [-0.05, 0) is 26.7 Å². The molecule has 7 heteroatoms. The molecule has 0 spiro atoms. The predicted octanol–water partition coefficient (Wildman–Crippen LogP) is 1.17. The lowest BCUT2D eigenvalue weighted by atomic mass is 10.1. The first kappa shape index (κ1) is 14.0. The van der Waals surface area contributed by atoms with E-state index >= 15 is 0 Å². The first-order valence-corrected chi connectivity index (χ1v) is 7.93. The zero-order valence-corrected chi connectivity index (χ0v) is 12.1. The number of nitrogen functional groups attached to an aromatic ring is 1. The maximum atomic E-state index is 11.3. The van der Waals surface area contributed by atoms with Gasteiger partial charge < -0.3 is 15.8 Å². The van der Waals surface area contributed by atoms with Gasteiger partial charge in [-0.25, -0.2) is 4.98 Å². The Labute approximate surface area is 115 Å². The lowest BCUT2D eigenvalue weighted by Gasteiger charge is -2.24. The maximum Gasteiger partial charge on any atom is 0.242 e. The molecule has 0 bridgehead atoms. The summed E-state index contributed by atoms with van der Waals surface area (Å²) in [5.74, 6) is 2.48. The van der Waals surface area contributed by atoms with Crippen LogP contribution in [0, 0.1) is 0 Å². The second kappa shape index (κ2) is 6.18. The van der Waals surface area contributed by atoms with Crippen LogP contribution in [0.15, 0.2) is 6.33 Å². The summed E-state index contributed by atoms with van der Waals surface area (Å²) >= 11 is 0. The highest BCUT2D eigenvalue weighted by atomic mass is 32.2. The standard InChI is InChI=1S/C12H20N4O2S/c1-8(2)18-12-10(13)11(14-7-15-12)16-9-3-5-19(17)6-4-9/h7-9H,3-6,13H2,1-2H3,(H,14,15,16). The summed E-state index contributed by atoms with van der Waals surface area (Å²) in [6, 6.07) is 0.266. The molecular weight excluding hydrogens is 264 g/mol.